The van der Waals surface area contributed by atoms with Gasteiger partial charge in [-0.2, -0.15) is 0 Å². The third-order valence-corrected chi connectivity index (χ3v) is 3.03. The van der Waals surface area contributed by atoms with Crippen LogP contribution in [0.1, 0.15) is 23.2 Å². The molecule has 1 saturated heterocycles. The number of rotatable bonds is 3. The zero-order valence-electron chi connectivity index (χ0n) is 10.4. The third-order valence-electron chi connectivity index (χ3n) is 3.03. The molecule has 1 unspecified atom stereocenters. The summed E-state index contributed by atoms with van der Waals surface area (Å²) < 4.78 is 10.1. The molecule has 1 heterocycles. The van der Waals surface area contributed by atoms with E-state index in [-0.39, 0.29) is 6.04 Å². The summed E-state index contributed by atoms with van der Waals surface area (Å²) in [6, 6.07) is 5.54. The number of nitrogens with two attached hydrogens (primary N) is 1. The molecule has 98 valence electrons. The van der Waals surface area contributed by atoms with Gasteiger partial charge in [-0.25, -0.2) is 4.79 Å². The number of nitrogen functional groups attached to an aromatic ring is 1. The van der Waals surface area contributed by atoms with E-state index >= 15 is 0 Å². The van der Waals surface area contributed by atoms with E-state index in [0.717, 1.165) is 25.1 Å². The first-order valence-electron chi connectivity index (χ1n) is 6.03. The van der Waals surface area contributed by atoms with Gasteiger partial charge in [-0.15, -0.1) is 0 Å². The van der Waals surface area contributed by atoms with Crippen molar-refractivity contribution in [3.05, 3.63) is 23.8 Å². The Morgan fingerprint density at radius 1 is 1.56 bits per heavy atom. The van der Waals surface area contributed by atoms with Gasteiger partial charge in [-0.05, 0) is 25.0 Å². The van der Waals surface area contributed by atoms with Gasteiger partial charge in [0, 0.05) is 12.6 Å². The molecule has 0 aliphatic carbocycles. The van der Waals surface area contributed by atoms with Crippen molar-refractivity contribution in [1.29, 1.82) is 0 Å². The Morgan fingerprint density at radius 3 is 3.06 bits per heavy atom. The first kappa shape index (κ1) is 12.7. The van der Waals surface area contributed by atoms with Crippen molar-refractivity contribution in [2.24, 2.45) is 0 Å². The molecule has 5 heteroatoms. The quantitative estimate of drug-likeness (QED) is 0.630. The van der Waals surface area contributed by atoms with E-state index in [0.29, 0.717) is 17.9 Å². The van der Waals surface area contributed by atoms with Gasteiger partial charge in [0.15, 0.2) is 0 Å². The second kappa shape index (κ2) is 5.73. The number of carbonyl (C=O) groups excluding carboxylic acids is 1. The molecule has 1 aromatic carbocycles. The standard InChI is InChI=1S/C13H18N2O3/c1-17-13(16)10-5-2-6-11(12(10)14)15-9-4-3-7-18-8-9/h2,5-6,9,15H,3-4,7-8,14H2,1H3. The molecule has 1 atom stereocenters. The molecule has 5 nitrogen and oxygen atoms in total. The monoisotopic (exact) mass is 250 g/mol. The minimum atomic E-state index is -0.420. The predicted molar refractivity (Wildman–Crippen MR) is 69.7 cm³/mol. The molecule has 1 aliphatic heterocycles. The zero-order chi connectivity index (χ0) is 13.0. The molecule has 1 aliphatic rings. The maximum Gasteiger partial charge on any atom is 0.340 e. The highest BCUT2D eigenvalue weighted by molar-refractivity contribution is 5.98. The van der Waals surface area contributed by atoms with Crippen LogP contribution in [0.5, 0.6) is 0 Å². The lowest BCUT2D eigenvalue weighted by molar-refractivity contribution is 0.0602. The molecule has 0 spiro atoms. The topological polar surface area (TPSA) is 73.6 Å². The van der Waals surface area contributed by atoms with Crippen LogP contribution in [0.3, 0.4) is 0 Å². The van der Waals surface area contributed by atoms with Crippen molar-refractivity contribution in [1.82, 2.24) is 0 Å². The molecule has 0 saturated carbocycles. The lowest BCUT2D eigenvalue weighted by Crippen LogP contribution is -2.30. The maximum absolute atomic E-state index is 11.5. The number of hydrogen-bond donors (Lipinski definition) is 2. The number of benzene rings is 1. The van der Waals surface area contributed by atoms with Gasteiger partial charge in [0.05, 0.1) is 30.7 Å². The number of ether oxygens (including phenoxy) is 2. The van der Waals surface area contributed by atoms with Crippen LogP contribution in [-0.2, 0) is 9.47 Å². The van der Waals surface area contributed by atoms with E-state index in [1.165, 1.54) is 7.11 Å². The SMILES string of the molecule is COC(=O)c1cccc(NC2CCCOC2)c1N. The Hall–Kier alpha value is -1.75. The number of hydrogen-bond acceptors (Lipinski definition) is 5. The van der Waals surface area contributed by atoms with E-state index in [9.17, 15) is 4.79 Å². The molecular formula is C13H18N2O3. The van der Waals surface area contributed by atoms with Crippen LogP contribution in [-0.4, -0.2) is 32.3 Å². The summed E-state index contributed by atoms with van der Waals surface area (Å²) in [4.78, 5) is 11.5. The lowest BCUT2D eigenvalue weighted by atomic mass is 10.1. The molecule has 1 fully saturated rings. The van der Waals surface area contributed by atoms with E-state index < -0.39 is 5.97 Å². The number of carbonyl (C=O) groups is 1. The van der Waals surface area contributed by atoms with Crippen LogP contribution in [0.2, 0.25) is 0 Å². The largest absolute Gasteiger partial charge is 0.465 e. The van der Waals surface area contributed by atoms with E-state index in [2.05, 4.69) is 5.32 Å². The number of para-hydroxylation sites is 1. The second-order valence-electron chi connectivity index (χ2n) is 4.32. The predicted octanol–water partition coefficient (Wildman–Crippen LogP) is 1.65. The van der Waals surface area contributed by atoms with E-state index in [1.807, 2.05) is 6.07 Å². The Kier molecular flexibility index (Phi) is 4.04. The highest BCUT2D eigenvalue weighted by Crippen LogP contribution is 2.25. The van der Waals surface area contributed by atoms with Crippen molar-refractivity contribution in [3.63, 3.8) is 0 Å². The van der Waals surface area contributed by atoms with Crippen LogP contribution in [0.25, 0.3) is 0 Å². The van der Waals surface area contributed by atoms with Crippen molar-refractivity contribution in [3.8, 4) is 0 Å². The van der Waals surface area contributed by atoms with E-state index in [1.54, 1.807) is 12.1 Å². The smallest absolute Gasteiger partial charge is 0.340 e. The Balaban J connectivity index is 2.15. The molecule has 0 amide bonds. The minimum Gasteiger partial charge on any atom is -0.465 e. The second-order valence-corrected chi connectivity index (χ2v) is 4.32. The molecular weight excluding hydrogens is 232 g/mol. The van der Waals surface area contributed by atoms with Gasteiger partial charge in [-0.3, -0.25) is 0 Å². The van der Waals surface area contributed by atoms with Crippen LogP contribution in [0, 0.1) is 0 Å². The van der Waals surface area contributed by atoms with Gasteiger partial charge in [-0.1, -0.05) is 6.07 Å². The first-order chi connectivity index (χ1) is 8.72. The average Bonchev–Trinajstić information content (AvgIpc) is 2.41. The number of nitrogens with one attached hydrogen (secondary N) is 1. The summed E-state index contributed by atoms with van der Waals surface area (Å²) in [5.41, 5.74) is 7.54. The maximum atomic E-state index is 11.5. The van der Waals surface area contributed by atoms with Gasteiger partial charge in [0.25, 0.3) is 0 Å². The molecule has 2 rings (SSSR count). The van der Waals surface area contributed by atoms with Crippen molar-refractivity contribution >= 4 is 17.3 Å². The fourth-order valence-corrected chi connectivity index (χ4v) is 2.05. The lowest BCUT2D eigenvalue weighted by Gasteiger charge is -2.25. The Labute approximate surface area is 106 Å². The van der Waals surface area contributed by atoms with E-state index in [4.69, 9.17) is 15.2 Å². The Bertz CT molecular complexity index is 428. The molecule has 0 radical (unpaired) electrons. The third kappa shape index (κ3) is 2.73. The summed E-state index contributed by atoms with van der Waals surface area (Å²) in [6.45, 7) is 1.48. The zero-order valence-corrected chi connectivity index (χ0v) is 10.4. The molecule has 3 N–H and O–H groups in total. The molecule has 0 bridgehead atoms. The summed E-state index contributed by atoms with van der Waals surface area (Å²) in [7, 11) is 1.34. The van der Waals surface area contributed by atoms with Gasteiger partial charge >= 0.3 is 5.97 Å². The number of methoxy groups -OCH3 is 1. The molecule has 0 aromatic heterocycles. The highest BCUT2D eigenvalue weighted by Gasteiger charge is 2.17. The van der Waals surface area contributed by atoms with Gasteiger partial charge < -0.3 is 20.5 Å². The average molecular weight is 250 g/mol. The Morgan fingerprint density at radius 2 is 2.39 bits per heavy atom. The number of esters is 1. The van der Waals surface area contributed by atoms with Crippen molar-refractivity contribution in [2.75, 3.05) is 31.4 Å². The number of anilines is 2. The molecule has 18 heavy (non-hydrogen) atoms. The highest BCUT2D eigenvalue weighted by atomic mass is 16.5. The van der Waals surface area contributed by atoms with Crippen molar-refractivity contribution in [2.45, 2.75) is 18.9 Å². The van der Waals surface area contributed by atoms with Crippen molar-refractivity contribution < 1.29 is 14.3 Å². The summed E-state index contributed by atoms with van der Waals surface area (Å²) in [6.07, 6.45) is 2.08. The van der Waals surface area contributed by atoms with Crippen LogP contribution < -0.4 is 11.1 Å². The fourth-order valence-electron chi connectivity index (χ4n) is 2.05. The van der Waals surface area contributed by atoms with Crippen LogP contribution in [0.15, 0.2) is 18.2 Å². The van der Waals surface area contributed by atoms with Gasteiger partial charge in [0.2, 0.25) is 0 Å². The summed E-state index contributed by atoms with van der Waals surface area (Å²) in [5.74, 6) is -0.420. The minimum absolute atomic E-state index is 0.244. The van der Waals surface area contributed by atoms with Crippen LogP contribution in [0.4, 0.5) is 11.4 Å². The molecule has 1 aromatic rings. The normalized spacial score (nSPS) is 19.3. The fraction of sp³-hybridized carbons (Fsp3) is 0.462. The first-order valence-corrected chi connectivity index (χ1v) is 6.03. The van der Waals surface area contributed by atoms with Gasteiger partial charge in [0.1, 0.15) is 0 Å². The summed E-state index contributed by atoms with van der Waals surface area (Å²) in [5, 5.41) is 3.31. The van der Waals surface area contributed by atoms with Crippen LogP contribution >= 0.6 is 0 Å². The summed E-state index contributed by atoms with van der Waals surface area (Å²) >= 11 is 0.